The van der Waals surface area contributed by atoms with Crippen molar-refractivity contribution in [3.05, 3.63) is 48.1 Å². The number of allylic oxidation sites excluding steroid dienone is 6. The highest BCUT2D eigenvalue weighted by molar-refractivity contribution is 5.34. The summed E-state index contributed by atoms with van der Waals surface area (Å²) in [5, 5.41) is 3.42. The Morgan fingerprint density at radius 1 is 1.25 bits per heavy atom. The molecule has 0 amide bonds. The first kappa shape index (κ1) is 21.2. The molecule has 1 unspecified atom stereocenters. The summed E-state index contributed by atoms with van der Waals surface area (Å²) in [7, 11) is 0. The Morgan fingerprint density at radius 3 is 2.30 bits per heavy atom. The molecule has 1 atom stereocenters. The minimum absolute atomic E-state index is 0.677. The van der Waals surface area contributed by atoms with Crippen molar-refractivity contribution in [1.29, 1.82) is 0 Å². The molecule has 1 nitrogen and oxygen atoms in total. The molecule has 0 aromatic rings. The zero-order valence-corrected chi connectivity index (χ0v) is 14.5. The topological polar surface area (TPSA) is 12.0 Å². The van der Waals surface area contributed by atoms with Gasteiger partial charge in [-0.2, -0.15) is 0 Å². The van der Waals surface area contributed by atoms with Crippen molar-refractivity contribution >= 4 is 0 Å². The molecule has 0 aromatic heterocycles. The molecule has 1 aliphatic rings. The largest absolute Gasteiger partial charge is 0.316 e. The number of hydrogen-bond donors (Lipinski definition) is 1. The minimum Gasteiger partial charge on any atom is -0.316 e. The number of rotatable bonds is 5. The van der Waals surface area contributed by atoms with E-state index >= 15 is 0 Å². The van der Waals surface area contributed by atoms with E-state index < -0.39 is 0 Å². The molecule has 1 heteroatoms. The summed E-state index contributed by atoms with van der Waals surface area (Å²) in [5.41, 5.74) is 2.80. The van der Waals surface area contributed by atoms with Gasteiger partial charge < -0.3 is 5.32 Å². The van der Waals surface area contributed by atoms with Gasteiger partial charge >= 0.3 is 0 Å². The quantitative estimate of drug-likeness (QED) is 0.638. The third-order valence-electron chi connectivity index (χ3n) is 2.98. The van der Waals surface area contributed by atoms with Gasteiger partial charge in [0, 0.05) is 6.54 Å². The SMILES string of the molecule is C=C\C=C(/C=C(\C=C/C)C1CCNC1)CC.CC.CC. The van der Waals surface area contributed by atoms with Crippen LogP contribution in [0.1, 0.15) is 54.4 Å². The van der Waals surface area contributed by atoms with E-state index in [0.717, 1.165) is 19.5 Å². The van der Waals surface area contributed by atoms with Crippen molar-refractivity contribution in [1.82, 2.24) is 5.32 Å². The maximum atomic E-state index is 3.76. The van der Waals surface area contributed by atoms with E-state index in [-0.39, 0.29) is 0 Å². The van der Waals surface area contributed by atoms with E-state index in [4.69, 9.17) is 0 Å². The average molecular weight is 277 g/mol. The molecule has 0 spiro atoms. The van der Waals surface area contributed by atoms with Crippen LogP contribution in [0.4, 0.5) is 0 Å². The summed E-state index contributed by atoms with van der Waals surface area (Å²) < 4.78 is 0. The molecule has 1 N–H and O–H groups in total. The summed E-state index contributed by atoms with van der Waals surface area (Å²) in [6.07, 6.45) is 13.0. The first-order valence-electron chi connectivity index (χ1n) is 8.18. The van der Waals surface area contributed by atoms with Crippen LogP contribution in [-0.4, -0.2) is 13.1 Å². The predicted molar refractivity (Wildman–Crippen MR) is 95.1 cm³/mol. The Balaban J connectivity index is 0. The van der Waals surface area contributed by atoms with Crippen LogP contribution >= 0.6 is 0 Å². The van der Waals surface area contributed by atoms with E-state index in [2.05, 4.69) is 50.0 Å². The second-order valence-electron chi connectivity index (χ2n) is 4.16. The van der Waals surface area contributed by atoms with Crippen LogP contribution < -0.4 is 5.32 Å². The molecule has 116 valence electrons. The zero-order chi connectivity index (χ0) is 15.8. The maximum absolute atomic E-state index is 3.76. The van der Waals surface area contributed by atoms with Crippen molar-refractivity contribution in [2.45, 2.75) is 54.4 Å². The molecule has 1 aliphatic heterocycles. The molecule has 20 heavy (non-hydrogen) atoms. The fraction of sp³-hybridized carbons (Fsp3) is 0.579. The second kappa shape index (κ2) is 16.0. The van der Waals surface area contributed by atoms with Gasteiger partial charge in [-0.05, 0) is 43.4 Å². The maximum Gasteiger partial charge on any atom is 0.00206 e. The van der Waals surface area contributed by atoms with E-state index in [9.17, 15) is 0 Å². The van der Waals surface area contributed by atoms with Gasteiger partial charge in [0.05, 0.1) is 0 Å². The standard InChI is InChI=1S/C15H23N.2C2H6/c1-4-7-13(6-3)11-14(8-5-2)15-9-10-16-12-15;2*1-2/h4-5,7-8,11,15-16H,1,6,9-10,12H2,2-3H3;2*1-2H3/b8-5-,13-7-,14-11+;;. The Labute approximate surface area is 127 Å². The Hall–Kier alpha value is -1.08. The lowest BCUT2D eigenvalue weighted by atomic mass is 9.95. The second-order valence-corrected chi connectivity index (χ2v) is 4.16. The summed E-state index contributed by atoms with van der Waals surface area (Å²) in [6.45, 7) is 18.3. The lowest BCUT2D eigenvalue weighted by molar-refractivity contribution is 0.696. The molecule has 0 aliphatic carbocycles. The van der Waals surface area contributed by atoms with Gasteiger partial charge in [0.15, 0.2) is 0 Å². The first-order valence-corrected chi connectivity index (χ1v) is 8.18. The van der Waals surface area contributed by atoms with E-state index in [1.54, 1.807) is 0 Å². The highest BCUT2D eigenvalue weighted by Gasteiger charge is 2.16. The lowest BCUT2D eigenvalue weighted by Gasteiger charge is -2.11. The van der Waals surface area contributed by atoms with E-state index in [1.807, 2.05) is 33.8 Å². The Bertz CT molecular complexity index is 302. The first-order chi connectivity index (χ1) is 9.81. The van der Waals surface area contributed by atoms with Crippen LogP contribution in [0, 0.1) is 5.92 Å². The van der Waals surface area contributed by atoms with Gasteiger partial charge in [-0.1, -0.05) is 71.6 Å². The fourth-order valence-corrected chi connectivity index (χ4v) is 2.07. The molecular weight excluding hydrogens is 242 g/mol. The fourth-order valence-electron chi connectivity index (χ4n) is 2.07. The van der Waals surface area contributed by atoms with Crippen LogP contribution in [0.15, 0.2) is 48.1 Å². The molecule has 1 fully saturated rings. The van der Waals surface area contributed by atoms with Crippen LogP contribution in [-0.2, 0) is 0 Å². The van der Waals surface area contributed by atoms with Crippen molar-refractivity contribution < 1.29 is 0 Å². The van der Waals surface area contributed by atoms with Crippen LogP contribution in [0.3, 0.4) is 0 Å². The van der Waals surface area contributed by atoms with Gasteiger partial charge in [0.25, 0.3) is 0 Å². The van der Waals surface area contributed by atoms with Gasteiger partial charge in [-0.3, -0.25) is 0 Å². The number of hydrogen-bond acceptors (Lipinski definition) is 1. The van der Waals surface area contributed by atoms with Crippen LogP contribution in [0.5, 0.6) is 0 Å². The molecule has 0 bridgehead atoms. The summed E-state index contributed by atoms with van der Waals surface area (Å²) in [6, 6.07) is 0. The van der Waals surface area contributed by atoms with Crippen molar-refractivity contribution in [3.63, 3.8) is 0 Å². The van der Waals surface area contributed by atoms with Crippen LogP contribution in [0.25, 0.3) is 0 Å². The van der Waals surface area contributed by atoms with Gasteiger partial charge in [0.1, 0.15) is 0 Å². The zero-order valence-electron chi connectivity index (χ0n) is 14.5. The van der Waals surface area contributed by atoms with E-state index in [1.165, 1.54) is 17.6 Å². The highest BCUT2D eigenvalue weighted by atomic mass is 14.9. The Morgan fingerprint density at radius 2 is 1.90 bits per heavy atom. The van der Waals surface area contributed by atoms with Gasteiger partial charge in [0.2, 0.25) is 0 Å². The molecule has 1 heterocycles. The third-order valence-corrected chi connectivity index (χ3v) is 2.98. The minimum atomic E-state index is 0.677. The van der Waals surface area contributed by atoms with Crippen LogP contribution in [0.2, 0.25) is 0 Å². The van der Waals surface area contributed by atoms with Crippen molar-refractivity contribution in [2.24, 2.45) is 5.92 Å². The molecular formula is C19H35N. The highest BCUT2D eigenvalue weighted by Crippen LogP contribution is 2.22. The average Bonchev–Trinajstić information content (AvgIpc) is 3.04. The molecule has 0 radical (unpaired) electrons. The summed E-state index contributed by atoms with van der Waals surface area (Å²) >= 11 is 0. The molecule has 1 rings (SSSR count). The van der Waals surface area contributed by atoms with Crippen molar-refractivity contribution in [3.8, 4) is 0 Å². The number of nitrogens with one attached hydrogen (secondary N) is 1. The molecule has 0 aromatic carbocycles. The molecule has 0 saturated carbocycles. The monoisotopic (exact) mass is 277 g/mol. The Kier molecular flexibility index (Phi) is 17.0. The normalized spacial score (nSPS) is 19.0. The third kappa shape index (κ3) is 8.92. The predicted octanol–water partition coefficient (Wildman–Crippen LogP) is 5.67. The smallest absolute Gasteiger partial charge is 0.00206 e. The van der Waals surface area contributed by atoms with Crippen molar-refractivity contribution in [2.75, 3.05) is 13.1 Å². The summed E-state index contributed by atoms with van der Waals surface area (Å²) in [5.74, 6) is 0.677. The lowest BCUT2D eigenvalue weighted by Crippen LogP contribution is -2.10. The summed E-state index contributed by atoms with van der Waals surface area (Å²) in [4.78, 5) is 0. The van der Waals surface area contributed by atoms with Gasteiger partial charge in [-0.15, -0.1) is 0 Å². The van der Waals surface area contributed by atoms with Gasteiger partial charge in [-0.25, -0.2) is 0 Å². The van der Waals surface area contributed by atoms with E-state index in [0.29, 0.717) is 5.92 Å². The molecule has 1 saturated heterocycles.